The fraction of sp³-hybridized carbons (Fsp3) is 0.143. The van der Waals surface area contributed by atoms with Gasteiger partial charge in [0.15, 0.2) is 0 Å². The van der Waals surface area contributed by atoms with Gasteiger partial charge in [-0.2, -0.15) is 0 Å². The summed E-state index contributed by atoms with van der Waals surface area (Å²) < 4.78 is 14.4. The predicted octanol–water partition coefficient (Wildman–Crippen LogP) is 5.43. The van der Waals surface area contributed by atoms with Crippen LogP contribution in [0.15, 0.2) is 45.3 Å². The Kier molecular flexibility index (Phi) is 4.95. The lowest BCUT2D eigenvalue weighted by atomic mass is 10.1. The molecule has 7 heteroatoms. The number of hydrogen-bond donors (Lipinski definition) is 1. The summed E-state index contributed by atoms with van der Waals surface area (Å²) in [6.45, 7) is 1.92. The molecule has 0 saturated heterocycles. The summed E-state index contributed by atoms with van der Waals surface area (Å²) in [6.07, 6.45) is 0. The van der Waals surface area contributed by atoms with Gasteiger partial charge in [0, 0.05) is 32.8 Å². The standard InChI is InChI=1S/C14H11Br2FN2O2/c1-8(11-4-2-9(17)6-12(11)15)18-14-5-3-10(19(20)21)7-13(14)16/h2-8,18H,1H3. The quantitative estimate of drug-likeness (QED) is 0.532. The van der Waals surface area contributed by atoms with Gasteiger partial charge in [0.1, 0.15) is 5.82 Å². The van der Waals surface area contributed by atoms with Crippen LogP contribution in [0.5, 0.6) is 0 Å². The van der Waals surface area contributed by atoms with E-state index in [1.165, 1.54) is 24.3 Å². The van der Waals surface area contributed by atoms with Crippen molar-refractivity contribution in [2.75, 3.05) is 5.32 Å². The van der Waals surface area contributed by atoms with Crippen LogP contribution in [0, 0.1) is 15.9 Å². The molecule has 0 radical (unpaired) electrons. The molecule has 0 heterocycles. The van der Waals surface area contributed by atoms with Crippen LogP contribution in [0.3, 0.4) is 0 Å². The number of nitrogens with zero attached hydrogens (tertiary/aromatic N) is 1. The van der Waals surface area contributed by atoms with Crippen molar-refractivity contribution in [1.82, 2.24) is 0 Å². The number of nitro groups is 1. The molecule has 0 bridgehead atoms. The largest absolute Gasteiger partial charge is 0.378 e. The van der Waals surface area contributed by atoms with E-state index in [9.17, 15) is 14.5 Å². The Morgan fingerprint density at radius 1 is 1.19 bits per heavy atom. The van der Waals surface area contributed by atoms with Gasteiger partial charge in [-0.25, -0.2) is 4.39 Å². The van der Waals surface area contributed by atoms with E-state index in [0.717, 1.165) is 11.3 Å². The molecule has 4 nitrogen and oxygen atoms in total. The van der Waals surface area contributed by atoms with Crippen molar-refractivity contribution in [1.29, 1.82) is 0 Å². The van der Waals surface area contributed by atoms with E-state index in [4.69, 9.17) is 0 Å². The zero-order valence-electron chi connectivity index (χ0n) is 10.9. The molecule has 0 spiro atoms. The summed E-state index contributed by atoms with van der Waals surface area (Å²) in [7, 11) is 0. The van der Waals surface area contributed by atoms with Gasteiger partial charge < -0.3 is 5.32 Å². The maximum Gasteiger partial charge on any atom is 0.270 e. The lowest BCUT2D eigenvalue weighted by Crippen LogP contribution is -2.08. The van der Waals surface area contributed by atoms with Crippen LogP contribution in [0.4, 0.5) is 15.8 Å². The van der Waals surface area contributed by atoms with Gasteiger partial charge in [-0.05, 0) is 46.6 Å². The van der Waals surface area contributed by atoms with E-state index >= 15 is 0 Å². The van der Waals surface area contributed by atoms with Gasteiger partial charge in [-0.15, -0.1) is 0 Å². The lowest BCUT2D eigenvalue weighted by molar-refractivity contribution is -0.384. The maximum absolute atomic E-state index is 13.1. The summed E-state index contributed by atoms with van der Waals surface area (Å²) in [5.74, 6) is -0.311. The molecule has 0 aliphatic carbocycles. The van der Waals surface area contributed by atoms with Crippen molar-refractivity contribution in [3.8, 4) is 0 Å². The summed E-state index contributed by atoms with van der Waals surface area (Å²) in [5.41, 5.74) is 1.63. The molecule has 2 aromatic carbocycles. The van der Waals surface area contributed by atoms with Gasteiger partial charge in [-0.3, -0.25) is 10.1 Å². The minimum absolute atomic E-state index is 0.0167. The molecule has 0 aromatic heterocycles. The van der Waals surface area contributed by atoms with E-state index in [2.05, 4.69) is 37.2 Å². The molecule has 110 valence electrons. The first kappa shape index (κ1) is 15.9. The van der Waals surface area contributed by atoms with Gasteiger partial charge in [-0.1, -0.05) is 22.0 Å². The topological polar surface area (TPSA) is 55.2 Å². The minimum Gasteiger partial charge on any atom is -0.378 e. The number of hydrogen-bond acceptors (Lipinski definition) is 3. The highest BCUT2D eigenvalue weighted by Crippen LogP contribution is 2.32. The van der Waals surface area contributed by atoms with Gasteiger partial charge in [0.05, 0.1) is 4.92 Å². The molecular weight excluding hydrogens is 407 g/mol. The molecule has 0 saturated carbocycles. The van der Waals surface area contributed by atoms with Crippen LogP contribution in [0.1, 0.15) is 18.5 Å². The number of nitro benzene ring substituents is 1. The van der Waals surface area contributed by atoms with Crippen molar-refractivity contribution < 1.29 is 9.31 Å². The monoisotopic (exact) mass is 416 g/mol. The molecular formula is C14H11Br2FN2O2. The van der Waals surface area contributed by atoms with Crippen LogP contribution < -0.4 is 5.32 Å². The van der Waals surface area contributed by atoms with E-state index in [1.54, 1.807) is 12.1 Å². The summed E-state index contributed by atoms with van der Waals surface area (Å²) in [4.78, 5) is 10.3. The number of benzene rings is 2. The number of anilines is 1. The van der Waals surface area contributed by atoms with Crippen LogP contribution >= 0.6 is 31.9 Å². The van der Waals surface area contributed by atoms with Crippen molar-refractivity contribution in [3.05, 3.63) is 66.8 Å². The molecule has 21 heavy (non-hydrogen) atoms. The molecule has 0 amide bonds. The SMILES string of the molecule is CC(Nc1ccc([N+](=O)[O-])cc1Br)c1ccc(F)cc1Br. The third-order valence-electron chi connectivity index (χ3n) is 2.96. The van der Waals surface area contributed by atoms with Gasteiger partial charge in [0.2, 0.25) is 0 Å². The Hall–Kier alpha value is -1.47. The Balaban J connectivity index is 2.23. The maximum atomic E-state index is 13.1. The first-order valence-electron chi connectivity index (χ1n) is 6.04. The first-order valence-corrected chi connectivity index (χ1v) is 7.62. The third-order valence-corrected chi connectivity index (χ3v) is 4.31. The highest BCUT2D eigenvalue weighted by atomic mass is 79.9. The number of halogens is 3. The Morgan fingerprint density at radius 3 is 2.48 bits per heavy atom. The van der Waals surface area contributed by atoms with E-state index in [1.807, 2.05) is 6.92 Å². The second kappa shape index (κ2) is 6.53. The van der Waals surface area contributed by atoms with E-state index < -0.39 is 4.92 Å². The van der Waals surface area contributed by atoms with Crippen molar-refractivity contribution in [3.63, 3.8) is 0 Å². The Morgan fingerprint density at radius 2 is 1.90 bits per heavy atom. The molecule has 0 fully saturated rings. The number of rotatable bonds is 4. The smallest absolute Gasteiger partial charge is 0.270 e. The summed E-state index contributed by atoms with van der Waals surface area (Å²) in [6, 6.07) is 8.89. The minimum atomic E-state index is -0.450. The first-order chi connectivity index (χ1) is 9.88. The normalized spacial score (nSPS) is 12.0. The van der Waals surface area contributed by atoms with Crippen LogP contribution in [0.2, 0.25) is 0 Å². The molecule has 0 aliphatic rings. The van der Waals surface area contributed by atoms with Gasteiger partial charge >= 0.3 is 0 Å². The number of non-ortho nitro benzene ring substituents is 1. The average molecular weight is 418 g/mol. The van der Waals surface area contributed by atoms with Crippen LogP contribution in [0.25, 0.3) is 0 Å². The molecule has 2 aromatic rings. The molecule has 2 rings (SSSR count). The molecule has 1 atom stereocenters. The zero-order valence-corrected chi connectivity index (χ0v) is 14.1. The molecule has 1 N–H and O–H groups in total. The highest BCUT2D eigenvalue weighted by molar-refractivity contribution is 9.11. The zero-order chi connectivity index (χ0) is 15.6. The van der Waals surface area contributed by atoms with Crippen molar-refractivity contribution in [2.24, 2.45) is 0 Å². The fourth-order valence-electron chi connectivity index (χ4n) is 1.90. The van der Waals surface area contributed by atoms with Crippen molar-refractivity contribution in [2.45, 2.75) is 13.0 Å². The average Bonchev–Trinajstić information content (AvgIpc) is 2.40. The highest BCUT2D eigenvalue weighted by Gasteiger charge is 2.14. The van der Waals surface area contributed by atoms with Crippen LogP contribution in [-0.2, 0) is 0 Å². The molecule has 0 aliphatic heterocycles. The fourth-order valence-corrected chi connectivity index (χ4v) is 3.07. The lowest BCUT2D eigenvalue weighted by Gasteiger charge is -2.18. The molecule has 1 unspecified atom stereocenters. The van der Waals surface area contributed by atoms with Gasteiger partial charge in [0.25, 0.3) is 5.69 Å². The Bertz CT molecular complexity index is 695. The summed E-state index contributed by atoms with van der Waals surface area (Å²) >= 11 is 6.64. The van der Waals surface area contributed by atoms with Crippen LogP contribution in [-0.4, -0.2) is 4.92 Å². The Labute approximate surface area is 137 Å². The van der Waals surface area contributed by atoms with E-state index in [-0.39, 0.29) is 17.5 Å². The van der Waals surface area contributed by atoms with E-state index in [0.29, 0.717) is 8.95 Å². The predicted molar refractivity (Wildman–Crippen MR) is 86.9 cm³/mol. The third kappa shape index (κ3) is 3.79. The summed E-state index contributed by atoms with van der Waals surface area (Å²) in [5, 5.41) is 13.9. The second-order valence-corrected chi connectivity index (χ2v) is 6.16. The second-order valence-electron chi connectivity index (χ2n) is 4.45. The van der Waals surface area contributed by atoms with Crippen molar-refractivity contribution >= 4 is 43.2 Å². The number of nitrogens with one attached hydrogen (secondary N) is 1.